The molecule has 0 atom stereocenters. The number of hydrogen-bond donors (Lipinski definition) is 1. The SMILES string of the molecule is CCOC(=O)c1[nH]c(C)c(C(=O)COC(=O)Cn2c3ccccc3c(=O)c3ccccc32)c1C. The van der Waals surface area contributed by atoms with Gasteiger partial charge in [0.25, 0.3) is 0 Å². The van der Waals surface area contributed by atoms with E-state index in [1.165, 1.54) is 0 Å². The first-order valence-electron chi connectivity index (χ1n) is 10.9. The maximum absolute atomic E-state index is 12.8. The van der Waals surface area contributed by atoms with Crippen molar-refractivity contribution in [2.75, 3.05) is 13.2 Å². The lowest BCUT2D eigenvalue weighted by molar-refractivity contribution is -0.143. The van der Waals surface area contributed by atoms with Gasteiger partial charge < -0.3 is 19.0 Å². The van der Waals surface area contributed by atoms with Gasteiger partial charge in [-0.1, -0.05) is 24.3 Å². The Morgan fingerprint density at radius 2 is 1.50 bits per heavy atom. The predicted octanol–water partition coefficient (Wildman–Crippen LogP) is 3.70. The van der Waals surface area contributed by atoms with Crippen molar-refractivity contribution in [1.82, 2.24) is 9.55 Å². The minimum atomic E-state index is -0.622. The highest BCUT2D eigenvalue weighted by molar-refractivity contribution is 6.03. The van der Waals surface area contributed by atoms with Gasteiger partial charge in [0, 0.05) is 22.0 Å². The van der Waals surface area contributed by atoms with Crippen LogP contribution in [0.3, 0.4) is 0 Å². The maximum atomic E-state index is 12.8. The Bertz CT molecular complexity index is 1430. The number of aryl methyl sites for hydroxylation is 1. The van der Waals surface area contributed by atoms with Crippen LogP contribution in [0.25, 0.3) is 21.8 Å². The summed E-state index contributed by atoms with van der Waals surface area (Å²) in [5.41, 5.74) is 2.56. The number of pyridine rings is 1. The van der Waals surface area contributed by atoms with Gasteiger partial charge in [0.05, 0.1) is 17.6 Å². The van der Waals surface area contributed by atoms with Crippen LogP contribution in [0.1, 0.15) is 39.0 Å². The van der Waals surface area contributed by atoms with Crippen molar-refractivity contribution in [2.24, 2.45) is 0 Å². The average molecular weight is 460 g/mol. The second-order valence-electron chi connectivity index (χ2n) is 7.88. The number of H-pyrrole nitrogens is 1. The molecule has 174 valence electrons. The number of carbonyl (C=O) groups excluding carboxylic acids is 3. The third-order valence-corrected chi connectivity index (χ3v) is 5.73. The Balaban J connectivity index is 1.57. The molecule has 0 aliphatic carbocycles. The summed E-state index contributed by atoms with van der Waals surface area (Å²) >= 11 is 0. The number of nitrogens with one attached hydrogen (secondary N) is 1. The van der Waals surface area contributed by atoms with Crippen LogP contribution in [0, 0.1) is 13.8 Å². The van der Waals surface area contributed by atoms with E-state index in [1.807, 2.05) is 0 Å². The van der Waals surface area contributed by atoms with Crippen molar-refractivity contribution < 1.29 is 23.9 Å². The molecule has 4 rings (SSSR count). The molecule has 0 saturated carbocycles. The number of carbonyl (C=O) groups is 3. The fourth-order valence-electron chi connectivity index (χ4n) is 4.22. The lowest BCUT2D eigenvalue weighted by Gasteiger charge is -2.14. The second kappa shape index (κ2) is 9.35. The fraction of sp³-hybridized carbons (Fsp3) is 0.231. The van der Waals surface area contributed by atoms with Crippen molar-refractivity contribution in [1.29, 1.82) is 0 Å². The summed E-state index contributed by atoms with van der Waals surface area (Å²) in [5, 5.41) is 0.991. The topological polar surface area (TPSA) is 107 Å². The molecule has 0 amide bonds. The second-order valence-corrected chi connectivity index (χ2v) is 7.88. The molecule has 0 unspecified atom stereocenters. The van der Waals surface area contributed by atoms with Gasteiger partial charge in [-0.15, -0.1) is 0 Å². The molecular formula is C26H24N2O6. The van der Waals surface area contributed by atoms with E-state index in [1.54, 1.807) is 73.9 Å². The van der Waals surface area contributed by atoms with Gasteiger partial charge in [0.2, 0.25) is 5.78 Å². The molecule has 0 radical (unpaired) electrons. The number of aromatic nitrogens is 2. The van der Waals surface area contributed by atoms with Gasteiger partial charge in [-0.3, -0.25) is 14.4 Å². The minimum Gasteiger partial charge on any atom is -0.461 e. The van der Waals surface area contributed by atoms with E-state index in [4.69, 9.17) is 9.47 Å². The molecule has 0 aliphatic rings. The zero-order chi connectivity index (χ0) is 24.4. The normalized spacial score (nSPS) is 11.0. The molecule has 0 spiro atoms. The van der Waals surface area contributed by atoms with E-state index in [0.717, 1.165) is 0 Å². The summed E-state index contributed by atoms with van der Waals surface area (Å²) in [5.74, 6) is -1.59. The molecule has 2 aromatic heterocycles. The van der Waals surface area contributed by atoms with E-state index >= 15 is 0 Å². The van der Waals surface area contributed by atoms with E-state index < -0.39 is 24.3 Å². The summed E-state index contributed by atoms with van der Waals surface area (Å²) in [6, 6.07) is 14.1. The van der Waals surface area contributed by atoms with Crippen LogP contribution >= 0.6 is 0 Å². The third-order valence-electron chi connectivity index (χ3n) is 5.73. The van der Waals surface area contributed by atoms with Gasteiger partial charge in [0.1, 0.15) is 12.2 Å². The van der Waals surface area contributed by atoms with E-state index in [0.29, 0.717) is 38.6 Å². The number of ether oxygens (including phenoxy) is 2. The Morgan fingerprint density at radius 1 is 0.912 bits per heavy atom. The van der Waals surface area contributed by atoms with Crippen LogP contribution < -0.4 is 5.43 Å². The summed E-state index contributed by atoms with van der Waals surface area (Å²) < 4.78 is 12.0. The molecule has 0 bridgehead atoms. The first kappa shape index (κ1) is 23.0. The summed E-state index contributed by atoms with van der Waals surface area (Å²) in [7, 11) is 0. The molecule has 8 nitrogen and oxygen atoms in total. The maximum Gasteiger partial charge on any atom is 0.355 e. The van der Waals surface area contributed by atoms with Crippen molar-refractivity contribution >= 4 is 39.5 Å². The molecule has 0 fully saturated rings. The van der Waals surface area contributed by atoms with Gasteiger partial charge in [0.15, 0.2) is 12.0 Å². The molecule has 0 saturated heterocycles. The molecule has 4 aromatic rings. The number of rotatable bonds is 7. The van der Waals surface area contributed by atoms with Crippen molar-refractivity contribution in [3.63, 3.8) is 0 Å². The molecule has 34 heavy (non-hydrogen) atoms. The largest absolute Gasteiger partial charge is 0.461 e. The zero-order valence-corrected chi connectivity index (χ0v) is 19.1. The molecular weight excluding hydrogens is 436 g/mol. The van der Waals surface area contributed by atoms with Crippen molar-refractivity contribution in [3.8, 4) is 0 Å². The third kappa shape index (κ3) is 4.10. The molecule has 1 N–H and O–H groups in total. The van der Waals surface area contributed by atoms with Gasteiger partial charge in [-0.2, -0.15) is 0 Å². The van der Waals surface area contributed by atoms with Crippen LogP contribution in [-0.2, 0) is 20.8 Å². The number of nitrogens with zero attached hydrogens (tertiary/aromatic N) is 1. The van der Waals surface area contributed by atoms with Crippen LogP contribution in [0.15, 0.2) is 53.3 Å². The van der Waals surface area contributed by atoms with E-state index in [9.17, 15) is 19.2 Å². The molecule has 0 aliphatic heterocycles. The summed E-state index contributed by atoms with van der Waals surface area (Å²) in [6.07, 6.45) is 0. The van der Waals surface area contributed by atoms with E-state index in [2.05, 4.69) is 4.98 Å². The van der Waals surface area contributed by atoms with Crippen LogP contribution in [0.4, 0.5) is 0 Å². The highest BCUT2D eigenvalue weighted by atomic mass is 16.5. The van der Waals surface area contributed by atoms with E-state index in [-0.39, 0.29) is 24.3 Å². The minimum absolute atomic E-state index is 0.109. The van der Waals surface area contributed by atoms with Gasteiger partial charge >= 0.3 is 11.9 Å². The van der Waals surface area contributed by atoms with Crippen molar-refractivity contribution in [2.45, 2.75) is 27.3 Å². The van der Waals surface area contributed by atoms with Crippen LogP contribution in [0.5, 0.6) is 0 Å². The highest BCUT2D eigenvalue weighted by Crippen LogP contribution is 2.21. The Morgan fingerprint density at radius 3 is 2.09 bits per heavy atom. The summed E-state index contributed by atoms with van der Waals surface area (Å²) in [4.78, 5) is 53.4. The number of benzene rings is 2. The number of para-hydroxylation sites is 2. The first-order chi connectivity index (χ1) is 16.3. The molecule has 2 aromatic carbocycles. The predicted molar refractivity (Wildman–Crippen MR) is 127 cm³/mol. The van der Waals surface area contributed by atoms with Crippen LogP contribution in [-0.4, -0.2) is 40.5 Å². The Labute approximate surface area is 195 Å². The number of aromatic amines is 1. The fourth-order valence-corrected chi connectivity index (χ4v) is 4.22. The van der Waals surface area contributed by atoms with Gasteiger partial charge in [-0.05, 0) is 50.6 Å². The Kier molecular flexibility index (Phi) is 6.32. The monoisotopic (exact) mass is 460 g/mol. The molecule has 2 heterocycles. The smallest absolute Gasteiger partial charge is 0.355 e. The van der Waals surface area contributed by atoms with Gasteiger partial charge in [-0.25, -0.2) is 4.79 Å². The number of fused-ring (bicyclic) bond motifs is 2. The van der Waals surface area contributed by atoms with Crippen molar-refractivity contribution in [3.05, 3.63) is 81.3 Å². The highest BCUT2D eigenvalue weighted by Gasteiger charge is 2.23. The number of ketones is 1. The van der Waals surface area contributed by atoms with Crippen LogP contribution in [0.2, 0.25) is 0 Å². The Hall–Kier alpha value is -4.20. The number of esters is 2. The lowest BCUT2D eigenvalue weighted by atomic mass is 10.1. The summed E-state index contributed by atoms with van der Waals surface area (Å²) in [6.45, 7) is 4.58. The number of Topliss-reactive ketones (excluding diaryl/α,β-unsaturated/α-hetero) is 1. The number of hydrogen-bond acceptors (Lipinski definition) is 6. The first-order valence-corrected chi connectivity index (χ1v) is 10.9. The standard InChI is InChI=1S/C26H24N2O6/c1-4-33-26(32)24-15(2)23(16(3)27-24)21(29)14-34-22(30)13-28-19-11-7-5-9-17(19)25(31)18-10-6-8-12-20(18)28/h5-12,27H,4,13-14H2,1-3H3. The average Bonchev–Trinajstić information content (AvgIpc) is 3.14. The zero-order valence-electron chi connectivity index (χ0n) is 19.1. The quantitative estimate of drug-likeness (QED) is 0.256. The molecule has 8 heteroatoms. The lowest BCUT2D eigenvalue weighted by Crippen LogP contribution is -2.21.